The van der Waals surface area contributed by atoms with Crippen molar-refractivity contribution in [2.75, 3.05) is 46.4 Å². The lowest BCUT2D eigenvalue weighted by molar-refractivity contribution is 0.160. The third-order valence-corrected chi connectivity index (χ3v) is 5.11. The van der Waals surface area contributed by atoms with Gasteiger partial charge in [0.05, 0.1) is 0 Å². The van der Waals surface area contributed by atoms with E-state index in [9.17, 15) is 8.42 Å². The molecule has 0 amide bonds. The zero-order chi connectivity index (χ0) is 15.0. The van der Waals surface area contributed by atoms with Crippen molar-refractivity contribution >= 4 is 10.2 Å². The summed E-state index contributed by atoms with van der Waals surface area (Å²) in [5.41, 5.74) is 0. The van der Waals surface area contributed by atoms with E-state index in [1.807, 2.05) is 6.92 Å². The Labute approximate surface area is 123 Å². The van der Waals surface area contributed by atoms with Crippen LogP contribution in [-0.2, 0) is 14.9 Å². The quantitative estimate of drug-likeness (QED) is 0.648. The smallest absolute Gasteiger partial charge is 0.279 e. The summed E-state index contributed by atoms with van der Waals surface area (Å²) >= 11 is 0. The fraction of sp³-hybridized carbons (Fsp3) is 1.00. The summed E-state index contributed by atoms with van der Waals surface area (Å²) in [6.45, 7) is 8.07. The van der Waals surface area contributed by atoms with Gasteiger partial charge in [-0.3, -0.25) is 0 Å². The fourth-order valence-corrected chi connectivity index (χ4v) is 3.90. The van der Waals surface area contributed by atoms with Crippen LogP contribution in [0.4, 0.5) is 0 Å². The lowest BCUT2D eigenvalue weighted by Crippen LogP contribution is -2.48. The molecule has 2 atom stereocenters. The van der Waals surface area contributed by atoms with Gasteiger partial charge in [-0.15, -0.1) is 0 Å². The van der Waals surface area contributed by atoms with Gasteiger partial charge in [0.25, 0.3) is 10.2 Å². The Morgan fingerprint density at radius 1 is 1.45 bits per heavy atom. The molecule has 6 nitrogen and oxygen atoms in total. The van der Waals surface area contributed by atoms with Gasteiger partial charge in [-0.1, -0.05) is 13.8 Å². The molecule has 0 spiro atoms. The maximum absolute atomic E-state index is 12.3. The Kier molecular flexibility index (Phi) is 7.98. The van der Waals surface area contributed by atoms with Gasteiger partial charge in [0.15, 0.2) is 0 Å². The van der Waals surface area contributed by atoms with E-state index in [-0.39, 0.29) is 5.92 Å². The molecule has 0 aliphatic carbocycles. The number of hydrogen-bond acceptors (Lipinski definition) is 4. The van der Waals surface area contributed by atoms with Crippen LogP contribution >= 0.6 is 0 Å². The van der Waals surface area contributed by atoms with Crippen molar-refractivity contribution in [3.8, 4) is 0 Å². The minimum Gasteiger partial charge on any atom is -0.384 e. The molecular weight excluding hydrogens is 278 g/mol. The van der Waals surface area contributed by atoms with Gasteiger partial charge in [0.1, 0.15) is 0 Å². The fourth-order valence-electron chi connectivity index (χ4n) is 2.44. The number of methoxy groups -OCH3 is 1. The third kappa shape index (κ3) is 6.05. The number of piperidine rings is 1. The first kappa shape index (κ1) is 17.8. The van der Waals surface area contributed by atoms with Crippen LogP contribution in [0.15, 0.2) is 0 Å². The minimum absolute atomic E-state index is 0.178. The second kappa shape index (κ2) is 8.94. The number of hydrogen-bond donors (Lipinski definition) is 2. The van der Waals surface area contributed by atoms with Gasteiger partial charge in [-0.2, -0.15) is 12.7 Å². The monoisotopic (exact) mass is 307 g/mol. The second-order valence-corrected chi connectivity index (χ2v) is 7.34. The summed E-state index contributed by atoms with van der Waals surface area (Å²) in [7, 11) is -1.73. The largest absolute Gasteiger partial charge is 0.384 e. The summed E-state index contributed by atoms with van der Waals surface area (Å²) in [5.74, 6) is 0.591. The van der Waals surface area contributed by atoms with Gasteiger partial charge in [0, 0.05) is 33.4 Å². The average molecular weight is 307 g/mol. The van der Waals surface area contributed by atoms with Crippen LogP contribution in [0, 0.1) is 11.8 Å². The van der Waals surface area contributed by atoms with E-state index in [4.69, 9.17) is 4.74 Å². The molecule has 7 heteroatoms. The molecule has 2 unspecified atom stereocenters. The molecule has 1 rings (SSSR count). The molecule has 0 bridgehead atoms. The van der Waals surface area contributed by atoms with Crippen LogP contribution in [-0.4, -0.2) is 59.2 Å². The predicted molar refractivity (Wildman–Crippen MR) is 80.8 cm³/mol. The van der Waals surface area contributed by atoms with Crippen LogP contribution in [0.2, 0.25) is 0 Å². The first-order valence-electron chi connectivity index (χ1n) is 7.44. The number of rotatable bonds is 9. The summed E-state index contributed by atoms with van der Waals surface area (Å²) < 4.78 is 33.8. The molecule has 120 valence electrons. The highest BCUT2D eigenvalue weighted by molar-refractivity contribution is 7.87. The summed E-state index contributed by atoms with van der Waals surface area (Å²) in [6.07, 6.45) is 2.03. The van der Waals surface area contributed by atoms with Gasteiger partial charge >= 0.3 is 0 Å². The van der Waals surface area contributed by atoms with Crippen LogP contribution in [0.25, 0.3) is 0 Å². The number of nitrogens with one attached hydrogen (secondary N) is 2. The Hall–Kier alpha value is -0.210. The molecule has 0 aromatic carbocycles. The predicted octanol–water partition coefficient (Wildman–Crippen LogP) is 0.425. The van der Waals surface area contributed by atoms with Crippen LogP contribution < -0.4 is 10.0 Å². The molecule has 1 saturated heterocycles. The Balaban J connectivity index is 2.45. The molecule has 0 aromatic rings. The van der Waals surface area contributed by atoms with E-state index < -0.39 is 10.2 Å². The minimum atomic E-state index is -3.35. The van der Waals surface area contributed by atoms with Crippen molar-refractivity contribution < 1.29 is 13.2 Å². The molecule has 2 N–H and O–H groups in total. The van der Waals surface area contributed by atoms with Crippen LogP contribution in [0.3, 0.4) is 0 Å². The first-order chi connectivity index (χ1) is 9.49. The SMILES string of the molecule is CCNCC1CCCN(S(=O)(=O)NCC(C)COC)C1. The maximum atomic E-state index is 12.3. The molecular formula is C13H29N3O3S. The van der Waals surface area contributed by atoms with E-state index in [2.05, 4.69) is 17.0 Å². The third-order valence-electron chi connectivity index (χ3n) is 3.57. The lowest BCUT2D eigenvalue weighted by Gasteiger charge is -2.32. The van der Waals surface area contributed by atoms with E-state index in [0.29, 0.717) is 32.2 Å². The van der Waals surface area contributed by atoms with Crippen LogP contribution in [0.1, 0.15) is 26.7 Å². The average Bonchev–Trinajstić information content (AvgIpc) is 2.44. The van der Waals surface area contributed by atoms with E-state index >= 15 is 0 Å². The molecule has 20 heavy (non-hydrogen) atoms. The summed E-state index contributed by atoms with van der Waals surface area (Å²) in [6, 6.07) is 0. The van der Waals surface area contributed by atoms with Gasteiger partial charge in [0.2, 0.25) is 0 Å². The zero-order valence-electron chi connectivity index (χ0n) is 12.9. The van der Waals surface area contributed by atoms with Gasteiger partial charge < -0.3 is 10.1 Å². The molecule has 0 radical (unpaired) electrons. The Morgan fingerprint density at radius 3 is 2.85 bits per heavy atom. The zero-order valence-corrected chi connectivity index (χ0v) is 13.7. The molecule has 1 aliphatic rings. The molecule has 0 saturated carbocycles. The second-order valence-electron chi connectivity index (χ2n) is 5.59. The highest BCUT2D eigenvalue weighted by Crippen LogP contribution is 2.18. The van der Waals surface area contributed by atoms with Crippen molar-refractivity contribution in [3.63, 3.8) is 0 Å². The Morgan fingerprint density at radius 2 is 2.20 bits per heavy atom. The molecule has 1 fully saturated rings. The molecule has 1 aliphatic heterocycles. The van der Waals surface area contributed by atoms with Gasteiger partial charge in [-0.25, -0.2) is 4.72 Å². The highest BCUT2D eigenvalue weighted by atomic mass is 32.2. The summed E-state index contributed by atoms with van der Waals surface area (Å²) in [4.78, 5) is 0. The van der Waals surface area contributed by atoms with Crippen molar-refractivity contribution in [2.24, 2.45) is 11.8 Å². The standard InChI is InChI=1S/C13H29N3O3S/c1-4-14-9-13-6-5-7-16(10-13)20(17,18)15-8-12(2)11-19-3/h12-15H,4-11H2,1-3H3. The topological polar surface area (TPSA) is 70.7 Å². The molecule has 0 aromatic heterocycles. The van der Waals surface area contributed by atoms with Crippen molar-refractivity contribution in [1.29, 1.82) is 0 Å². The number of ether oxygens (including phenoxy) is 1. The van der Waals surface area contributed by atoms with E-state index in [1.165, 1.54) is 0 Å². The first-order valence-corrected chi connectivity index (χ1v) is 8.88. The normalized spacial score (nSPS) is 22.9. The molecule has 1 heterocycles. The van der Waals surface area contributed by atoms with Gasteiger partial charge in [-0.05, 0) is 37.8 Å². The van der Waals surface area contributed by atoms with Crippen molar-refractivity contribution in [2.45, 2.75) is 26.7 Å². The van der Waals surface area contributed by atoms with E-state index in [0.717, 1.165) is 25.9 Å². The van der Waals surface area contributed by atoms with Crippen molar-refractivity contribution in [1.82, 2.24) is 14.3 Å². The number of nitrogens with zero attached hydrogens (tertiary/aromatic N) is 1. The Bertz CT molecular complexity index is 362. The summed E-state index contributed by atoms with van der Waals surface area (Å²) in [5, 5.41) is 3.30. The van der Waals surface area contributed by atoms with E-state index in [1.54, 1.807) is 11.4 Å². The lowest BCUT2D eigenvalue weighted by atomic mass is 10.00. The van der Waals surface area contributed by atoms with Crippen molar-refractivity contribution in [3.05, 3.63) is 0 Å². The van der Waals surface area contributed by atoms with Crippen LogP contribution in [0.5, 0.6) is 0 Å². The highest BCUT2D eigenvalue weighted by Gasteiger charge is 2.28. The maximum Gasteiger partial charge on any atom is 0.279 e.